The van der Waals surface area contributed by atoms with Crippen LogP contribution in [-0.4, -0.2) is 24.4 Å². The lowest BCUT2D eigenvalue weighted by Gasteiger charge is -2.36. The third-order valence-electron chi connectivity index (χ3n) is 3.40. The van der Waals surface area contributed by atoms with Crippen molar-refractivity contribution in [3.8, 4) is 5.75 Å². The Hall–Kier alpha value is -1.22. The Balaban J connectivity index is 2.23. The van der Waals surface area contributed by atoms with Crippen LogP contribution in [-0.2, 0) is 6.42 Å². The van der Waals surface area contributed by atoms with Gasteiger partial charge in [0.05, 0.1) is 19.3 Å². The van der Waals surface area contributed by atoms with Crippen LogP contribution < -0.4 is 10.1 Å². The standard InChI is InChI=1S/C15H23NO2/c1-15(2,3)9-12-13(17)8-10-11(16-12)6-5-7-14(10)18-4/h5-7,12-13,16-17H,8-9H2,1-4H3. The predicted molar refractivity (Wildman–Crippen MR) is 74.2 cm³/mol. The molecule has 3 heteroatoms. The van der Waals surface area contributed by atoms with Gasteiger partial charge in [-0.2, -0.15) is 0 Å². The second kappa shape index (κ2) is 4.81. The summed E-state index contributed by atoms with van der Waals surface area (Å²) in [6, 6.07) is 6.09. The second-order valence-corrected chi connectivity index (χ2v) is 6.27. The Kier molecular flexibility index (Phi) is 3.53. The first-order chi connectivity index (χ1) is 8.40. The van der Waals surface area contributed by atoms with Crippen molar-refractivity contribution in [2.45, 2.75) is 45.8 Å². The van der Waals surface area contributed by atoms with Gasteiger partial charge in [0.15, 0.2) is 0 Å². The van der Waals surface area contributed by atoms with E-state index < -0.39 is 0 Å². The number of hydrogen-bond donors (Lipinski definition) is 2. The van der Waals surface area contributed by atoms with Crippen molar-refractivity contribution in [2.75, 3.05) is 12.4 Å². The van der Waals surface area contributed by atoms with E-state index in [9.17, 15) is 5.11 Å². The summed E-state index contributed by atoms with van der Waals surface area (Å²) in [4.78, 5) is 0. The van der Waals surface area contributed by atoms with Crippen LogP contribution in [0.25, 0.3) is 0 Å². The summed E-state index contributed by atoms with van der Waals surface area (Å²) in [6.07, 6.45) is 1.26. The number of anilines is 1. The maximum absolute atomic E-state index is 10.3. The Labute approximate surface area is 109 Å². The summed E-state index contributed by atoms with van der Waals surface area (Å²) >= 11 is 0. The molecule has 0 bridgehead atoms. The smallest absolute Gasteiger partial charge is 0.124 e. The van der Waals surface area contributed by atoms with Crippen LogP contribution in [0.4, 0.5) is 5.69 Å². The number of rotatable bonds is 2. The number of methoxy groups -OCH3 is 1. The van der Waals surface area contributed by atoms with Crippen LogP contribution in [0.5, 0.6) is 5.75 Å². The molecule has 2 unspecified atom stereocenters. The highest BCUT2D eigenvalue weighted by Gasteiger charge is 2.31. The average Bonchev–Trinajstić information content (AvgIpc) is 2.27. The first-order valence-corrected chi connectivity index (χ1v) is 6.51. The Bertz CT molecular complexity index is 423. The molecule has 1 aromatic rings. The number of aliphatic hydroxyl groups excluding tert-OH is 1. The zero-order chi connectivity index (χ0) is 13.3. The van der Waals surface area contributed by atoms with Crippen LogP contribution in [0.15, 0.2) is 18.2 Å². The van der Waals surface area contributed by atoms with Gasteiger partial charge in [-0.25, -0.2) is 0 Å². The predicted octanol–water partition coefficient (Wildman–Crippen LogP) is 2.83. The van der Waals surface area contributed by atoms with Gasteiger partial charge < -0.3 is 15.2 Å². The largest absolute Gasteiger partial charge is 0.496 e. The van der Waals surface area contributed by atoms with E-state index in [-0.39, 0.29) is 17.6 Å². The molecule has 0 saturated heterocycles. The molecule has 0 spiro atoms. The first kappa shape index (κ1) is 13.2. The highest BCUT2D eigenvalue weighted by atomic mass is 16.5. The molecule has 1 aliphatic rings. The lowest BCUT2D eigenvalue weighted by molar-refractivity contribution is 0.126. The van der Waals surface area contributed by atoms with Crippen molar-refractivity contribution in [2.24, 2.45) is 5.41 Å². The van der Waals surface area contributed by atoms with Gasteiger partial charge in [-0.05, 0) is 24.0 Å². The lowest BCUT2D eigenvalue weighted by atomic mass is 9.82. The number of ether oxygens (including phenoxy) is 1. The minimum Gasteiger partial charge on any atom is -0.496 e. The molecule has 0 fully saturated rings. The lowest BCUT2D eigenvalue weighted by Crippen LogP contribution is -2.41. The molecule has 2 atom stereocenters. The van der Waals surface area contributed by atoms with Gasteiger partial charge in [-0.1, -0.05) is 26.8 Å². The summed E-state index contributed by atoms with van der Waals surface area (Å²) in [6.45, 7) is 6.59. The molecule has 2 rings (SSSR count). The quantitative estimate of drug-likeness (QED) is 0.847. The van der Waals surface area contributed by atoms with Crippen molar-refractivity contribution >= 4 is 5.69 Å². The fourth-order valence-electron chi connectivity index (χ4n) is 2.60. The molecule has 0 aliphatic carbocycles. The summed E-state index contributed by atoms with van der Waals surface area (Å²) in [5, 5.41) is 13.7. The summed E-state index contributed by atoms with van der Waals surface area (Å²) < 4.78 is 5.35. The Morgan fingerprint density at radius 1 is 1.39 bits per heavy atom. The van der Waals surface area contributed by atoms with E-state index in [0.717, 1.165) is 23.4 Å². The molecule has 1 heterocycles. The van der Waals surface area contributed by atoms with Crippen molar-refractivity contribution in [1.82, 2.24) is 0 Å². The molecule has 2 N–H and O–H groups in total. The van der Waals surface area contributed by atoms with Crippen molar-refractivity contribution in [3.63, 3.8) is 0 Å². The van der Waals surface area contributed by atoms with Crippen LogP contribution >= 0.6 is 0 Å². The average molecular weight is 249 g/mol. The van der Waals surface area contributed by atoms with Crippen LogP contribution in [0.3, 0.4) is 0 Å². The number of fused-ring (bicyclic) bond motifs is 1. The van der Waals surface area contributed by atoms with Crippen molar-refractivity contribution in [1.29, 1.82) is 0 Å². The fourth-order valence-corrected chi connectivity index (χ4v) is 2.60. The summed E-state index contributed by atoms with van der Waals surface area (Å²) in [5.41, 5.74) is 2.38. The molecule has 1 aromatic carbocycles. The molecule has 0 saturated carbocycles. The van der Waals surface area contributed by atoms with Gasteiger partial charge >= 0.3 is 0 Å². The summed E-state index contributed by atoms with van der Waals surface area (Å²) in [5.74, 6) is 0.855. The van der Waals surface area contributed by atoms with Crippen LogP contribution in [0.2, 0.25) is 0 Å². The molecular weight excluding hydrogens is 226 g/mol. The number of nitrogens with one attached hydrogen (secondary N) is 1. The number of aliphatic hydroxyl groups is 1. The molecule has 0 radical (unpaired) electrons. The fraction of sp³-hybridized carbons (Fsp3) is 0.600. The van der Waals surface area contributed by atoms with Gasteiger partial charge in [0.25, 0.3) is 0 Å². The van der Waals surface area contributed by atoms with Crippen LogP contribution in [0.1, 0.15) is 32.8 Å². The van der Waals surface area contributed by atoms with E-state index in [2.05, 4.69) is 32.2 Å². The molecular formula is C15H23NO2. The first-order valence-electron chi connectivity index (χ1n) is 6.51. The second-order valence-electron chi connectivity index (χ2n) is 6.27. The van der Waals surface area contributed by atoms with Gasteiger partial charge in [0, 0.05) is 17.7 Å². The van der Waals surface area contributed by atoms with E-state index >= 15 is 0 Å². The monoisotopic (exact) mass is 249 g/mol. The maximum atomic E-state index is 10.3. The zero-order valence-electron chi connectivity index (χ0n) is 11.7. The molecule has 1 aliphatic heterocycles. The Morgan fingerprint density at radius 2 is 2.11 bits per heavy atom. The third kappa shape index (κ3) is 2.78. The minimum atomic E-state index is -0.354. The molecule has 100 valence electrons. The molecule has 0 amide bonds. The van der Waals surface area contributed by atoms with E-state index in [0.29, 0.717) is 6.42 Å². The highest BCUT2D eigenvalue weighted by molar-refractivity contribution is 5.60. The zero-order valence-corrected chi connectivity index (χ0v) is 11.7. The van der Waals surface area contributed by atoms with Gasteiger partial charge in [0.1, 0.15) is 5.75 Å². The molecule has 3 nitrogen and oxygen atoms in total. The van der Waals surface area contributed by atoms with Gasteiger partial charge in [-0.15, -0.1) is 0 Å². The van der Waals surface area contributed by atoms with E-state index in [1.54, 1.807) is 7.11 Å². The van der Waals surface area contributed by atoms with E-state index in [1.165, 1.54) is 0 Å². The summed E-state index contributed by atoms with van der Waals surface area (Å²) in [7, 11) is 1.67. The highest BCUT2D eigenvalue weighted by Crippen LogP contribution is 2.35. The number of hydrogen-bond acceptors (Lipinski definition) is 3. The number of benzene rings is 1. The van der Waals surface area contributed by atoms with E-state index in [4.69, 9.17) is 4.74 Å². The van der Waals surface area contributed by atoms with Crippen molar-refractivity contribution in [3.05, 3.63) is 23.8 Å². The van der Waals surface area contributed by atoms with Crippen molar-refractivity contribution < 1.29 is 9.84 Å². The van der Waals surface area contributed by atoms with Gasteiger partial charge in [0.2, 0.25) is 0 Å². The van der Waals surface area contributed by atoms with Crippen LogP contribution in [0, 0.1) is 5.41 Å². The maximum Gasteiger partial charge on any atom is 0.124 e. The third-order valence-corrected chi connectivity index (χ3v) is 3.40. The topological polar surface area (TPSA) is 41.5 Å². The normalized spacial score (nSPS) is 23.2. The SMILES string of the molecule is COc1cccc2c1CC(O)C(CC(C)(C)C)N2. The minimum absolute atomic E-state index is 0.115. The molecule has 0 aromatic heterocycles. The van der Waals surface area contributed by atoms with Gasteiger partial charge in [-0.3, -0.25) is 0 Å². The Morgan fingerprint density at radius 3 is 2.72 bits per heavy atom. The van der Waals surface area contributed by atoms with E-state index in [1.807, 2.05) is 12.1 Å². The molecule has 18 heavy (non-hydrogen) atoms.